The van der Waals surface area contributed by atoms with E-state index < -0.39 is 0 Å². The number of aromatic nitrogens is 1. The van der Waals surface area contributed by atoms with Crippen LogP contribution >= 0.6 is 11.3 Å². The number of rotatable bonds is 3. The quantitative estimate of drug-likeness (QED) is 0.876. The lowest BCUT2D eigenvalue weighted by Gasteiger charge is -2.38. The summed E-state index contributed by atoms with van der Waals surface area (Å²) >= 11 is 1.41. The topological polar surface area (TPSA) is 74.5 Å². The molecule has 3 rings (SSSR count). The third kappa shape index (κ3) is 2.98. The highest BCUT2D eigenvalue weighted by molar-refractivity contribution is 7.18. The third-order valence-corrected chi connectivity index (χ3v) is 5.63. The van der Waals surface area contributed by atoms with Crippen molar-refractivity contribution in [3.05, 3.63) is 4.88 Å². The van der Waals surface area contributed by atoms with Gasteiger partial charge in [-0.05, 0) is 33.2 Å². The molecule has 1 saturated heterocycles. The summed E-state index contributed by atoms with van der Waals surface area (Å²) in [7, 11) is 2.12. The fourth-order valence-electron chi connectivity index (χ4n) is 2.78. The molecule has 0 radical (unpaired) electrons. The third-order valence-electron chi connectivity index (χ3n) is 4.49. The second-order valence-corrected chi connectivity index (χ2v) is 7.35. The van der Waals surface area contributed by atoms with Crippen molar-refractivity contribution in [3.63, 3.8) is 0 Å². The number of hydrogen-bond donors (Lipinski definition) is 2. The first kappa shape index (κ1) is 14.6. The molecule has 0 bridgehead atoms. The van der Waals surface area contributed by atoms with Gasteiger partial charge >= 0.3 is 0 Å². The molecule has 1 aliphatic heterocycles. The van der Waals surface area contributed by atoms with Crippen LogP contribution in [0.2, 0.25) is 0 Å². The van der Waals surface area contributed by atoms with Crippen LogP contribution in [0.4, 0.5) is 10.9 Å². The fraction of sp³-hybridized carbons (Fsp3) is 0.714. The Morgan fingerprint density at radius 3 is 2.57 bits per heavy atom. The number of nitrogens with two attached hydrogens (primary N) is 1. The monoisotopic (exact) mass is 309 g/mol. The minimum absolute atomic E-state index is 0.0541. The minimum Gasteiger partial charge on any atom is -0.382 e. The van der Waals surface area contributed by atoms with Crippen molar-refractivity contribution in [1.29, 1.82) is 0 Å². The van der Waals surface area contributed by atoms with Gasteiger partial charge in [0.1, 0.15) is 10.7 Å². The van der Waals surface area contributed by atoms with E-state index >= 15 is 0 Å². The zero-order chi connectivity index (χ0) is 15.0. The molecule has 1 amide bonds. The number of hydrogen-bond acceptors (Lipinski definition) is 6. The molecule has 0 spiro atoms. The Bertz CT molecular complexity index is 531. The van der Waals surface area contributed by atoms with E-state index in [0.29, 0.717) is 10.7 Å². The first-order valence-corrected chi connectivity index (χ1v) is 8.31. The van der Waals surface area contributed by atoms with E-state index in [4.69, 9.17) is 5.73 Å². The number of anilines is 2. The van der Waals surface area contributed by atoms with Gasteiger partial charge in [-0.2, -0.15) is 0 Å². The molecular weight excluding hydrogens is 286 g/mol. The van der Waals surface area contributed by atoms with E-state index in [1.165, 1.54) is 17.8 Å². The summed E-state index contributed by atoms with van der Waals surface area (Å²) in [5.74, 6) is 0.280. The van der Waals surface area contributed by atoms with Crippen molar-refractivity contribution in [3.8, 4) is 0 Å². The summed E-state index contributed by atoms with van der Waals surface area (Å²) in [5, 5.41) is 3.96. The summed E-state index contributed by atoms with van der Waals surface area (Å²) in [6.45, 7) is 5.98. The number of amides is 1. The summed E-state index contributed by atoms with van der Waals surface area (Å²) in [6, 6.07) is 0. The second kappa shape index (κ2) is 5.46. The SMILES string of the molecule is CN1CCN(c2nc(N)c(C(=O)NC3(C)CCC3)s2)CC1. The summed E-state index contributed by atoms with van der Waals surface area (Å²) < 4.78 is 0. The van der Waals surface area contributed by atoms with Crippen LogP contribution in [0.1, 0.15) is 35.9 Å². The first-order valence-electron chi connectivity index (χ1n) is 7.49. The molecule has 1 aromatic rings. The van der Waals surface area contributed by atoms with E-state index in [9.17, 15) is 4.79 Å². The summed E-state index contributed by atoms with van der Waals surface area (Å²) in [6.07, 6.45) is 3.27. The molecule has 2 fully saturated rings. The summed E-state index contributed by atoms with van der Waals surface area (Å²) in [5.41, 5.74) is 5.90. The van der Waals surface area contributed by atoms with Crippen LogP contribution in [0, 0.1) is 0 Å². The van der Waals surface area contributed by atoms with Crippen LogP contribution in [0.15, 0.2) is 0 Å². The van der Waals surface area contributed by atoms with Crippen molar-refractivity contribution in [1.82, 2.24) is 15.2 Å². The molecule has 116 valence electrons. The molecule has 21 heavy (non-hydrogen) atoms. The smallest absolute Gasteiger partial charge is 0.265 e. The average Bonchev–Trinajstić information content (AvgIpc) is 2.80. The Kier molecular flexibility index (Phi) is 3.79. The molecule has 1 aliphatic carbocycles. The molecule has 1 aromatic heterocycles. The molecule has 7 heteroatoms. The van der Waals surface area contributed by atoms with E-state index in [1.807, 2.05) is 0 Å². The molecule has 0 atom stereocenters. The Hall–Kier alpha value is -1.34. The number of carbonyl (C=O) groups is 1. The Morgan fingerprint density at radius 1 is 1.33 bits per heavy atom. The van der Waals surface area contributed by atoms with Gasteiger partial charge in [0.15, 0.2) is 5.13 Å². The van der Waals surface area contributed by atoms with Crippen molar-refractivity contribution in [2.24, 2.45) is 0 Å². The molecule has 1 saturated carbocycles. The van der Waals surface area contributed by atoms with Crippen molar-refractivity contribution in [2.75, 3.05) is 43.9 Å². The lowest BCUT2D eigenvalue weighted by molar-refractivity contribution is 0.0855. The van der Waals surface area contributed by atoms with Crippen LogP contribution in [-0.4, -0.2) is 54.6 Å². The Labute approximate surface area is 129 Å². The molecule has 3 N–H and O–H groups in total. The van der Waals surface area contributed by atoms with E-state index in [0.717, 1.165) is 44.2 Å². The number of likely N-dealkylation sites (N-methyl/N-ethyl adjacent to an activating group) is 1. The van der Waals surface area contributed by atoms with E-state index in [2.05, 4.69) is 34.1 Å². The predicted octanol–water partition coefficient (Wildman–Crippen LogP) is 1.15. The van der Waals surface area contributed by atoms with Crippen LogP contribution in [0.25, 0.3) is 0 Å². The van der Waals surface area contributed by atoms with Crippen LogP contribution < -0.4 is 16.0 Å². The standard InChI is InChI=1S/C14H23N5OS/c1-14(4-3-5-14)17-12(20)10-11(15)16-13(21-10)19-8-6-18(2)7-9-19/h3-9,15H2,1-2H3,(H,17,20). The normalized spacial score (nSPS) is 21.9. The average molecular weight is 309 g/mol. The fourth-order valence-corrected chi connectivity index (χ4v) is 3.71. The number of nitrogens with zero attached hydrogens (tertiary/aromatic N) is 3. The van der Waals surface area contributed by atoms with Gasteiger partial charge in [-0.3, -0.25) is 4.79 Å². The van der Waals surface area contributed by atoms with Gasteiger partial charge in [-0.15, -0.1) is 0 Å². The highest BCUT2D eigenvalue weighted by Gasteiger charge is 2.34. The van der Waals surface area contributed by atoms with Crippen LogP contribution in [-0.2, 0) is 0 Å². The number of nitrogen functional groups attached to an aromatic ring is 1. The van der Waals surface area contributed by atoms with Gasteiger partial charge in [0.2, 0.25) is 0 Å². The predicted molar refractivity (Wildman–Crippen MR) is 86.0 cm³/mol. The van der Waals surface area contributed by atoms with Gasteiger partial charge in [0.25, 0.3) is 5.91 Å². The van der Waals surface area contributed by atoms with Gasteiger partial charge in [0.05, 0.1) is 0 Å². The molecule has 0 unspecified atom stereocenters. The Balaban J connectivity index is 1.70. The maximum Gasteiger partial charge on any atom is 0.265 e. The van der Waals surface area contributed by atoms with Gasteiger partial charge in [0, 0.05) is 31.7 Å². The zero-order valence-corrected chi connectivity index (χ0v) is 13.5. The number of piperazine rings is 1. The largest absolute Gasteiger partial charge is 0.382 e. The van der Waals surface area contributed by atoms with Crippen molar-refractivity contribution >= 4 is 28.2 Å². The van der Waals surface area contributed by atoms with Crippen molar-refractivity contribution in [2.45, 2.75) is 31.7 Å². The lowest BCUT2D eigenvalue weighted by atomic mass is 9.78. The first-order chi connectivity index (χ1) is 9.97. The molecule has 0 aromatic carbocycles. The molecule has 6 nitrogen and oxygen atoms in total. The van der Waals surface area contributed by atoms with Gasteiger partial charge in [-0.1, -0.05) is 11.3 Å². The van der Waals surface area contributed by atoms with Crippen molar-refractivity contribution < 1.29 is 4.79 Å². The Morgan fingerprint density at radius 2 is 2.00 bits per heavy atom. The van der Waals surface area contributed by atoms with Crippen LogP contribution in [0.5, 0.6) is 0 Å². The molecule has 2 aliphatic rings. The minimum atomic E-state index is -0.0763. The number of nitrogens with one attached hydrogen (secondary N) is 1. The summed E-state index contributed by atoms with van der Waals surface area (Å²) in [4.78, 5) is 21.8. The second-order valence-electron chi connectivity index (χ2n) is 6.37. The maximum atomic E-state index is 12.4. The van der Waals surface area contributed by atoms with Crippen LogP contribution in [0.3, 0.4) is 0 Å². The van der Waals surface area contributed by atoms with E-state index in [-0.39, 0.29) is 11.4 Å². The highest BCUT2D eigenvalue weighted by Crippen LogP contribution is 2.33. The molecular formula is C14H23N5OS. The number of carbonyl (C=O) groups excluding carboxylic acids is 1. The lowest BCUT2D eigenvalue weighted by Crippen LogP contribution is -2.50. The van der Waals surface area contributed by atoms with Gasteiger partial charge < -0.3 is 20.9 Å². The van der Waals surface area contributed by atoms with E-state index in [1.54, 1.807) is 0 Å². The van der Waals surface area contributed by atoms with Gasteiger partial charge in [-0.25, -0.2) is 4.98 Å². The zero-order valence-electron chi connectivity index (χ0n) is 12.7. The number of thiazole rings is 1. The molecule has 2 heterocycles. The highest BCUT2D eigenvalue weighted by atomic mass is 32.1. The maximum absolute atomic E-state index is 12.4.